The molecule has 4 aromatic rings. The Hall–Kier alpha value is -3.66. The number of nitrogens with one attached hydrogen (secondary N) is 1. The maximum Gasteiger partial charge on any atom is 0.416 e. The molecule has 1 aliphatic rings. The van der Waals surface area contributed by atoms with Crippen molar-refractivity contribution in [2.75, 3.05) is 5.32 Å². The second-order valence-corrected chi connectivity index (χ2v) is 10.5. The van der Waals surface area contributed by atoms with Crippen molar-refractivity contribution in [1.82, 2.24) is 15.0 Å². The largest absolute Gasteiger partial charge is 0.416 e. The van der Waals surface area contributed by atoms with Crippen LogP contribution in [0.1, 0.15) is 61.2 Å². The van der Waals surface area contributed by atoms with Crippen molar-refractivity contribution in [1.29, 1.82) is 0 Å². The second-order valence-electron chi connectivity index (χ2n) is 9.50. The standard InChI is InChI=1S/C28H26F3N5OS/c1-18(19-9-4-2-5-10-19)33-26-32-16-13-22(34-26)24-23(20-11-8-12-21(17-20)28(29,30)31)35-25(38-24)27(36-37)14-6-3-7-15-27/h2,4-5,8-13,16-18H,3,6-7,14-15H2,1H3,(H,32,33,34). The van der Waals surface area contributed by atoms with E-state index in [9.17, 15) is 18.1 Å². The maximum atomic E-state index is 13.5. The van der Waals surface area contributed by atoms with Crippen LogP contribution in [0.2, 0.25) is 0 Å². The SMILES string of the molecule is CC(Nc1nccc(-c2sc(C3(N=O)CCCCC3)nc2-c2cccc(C(F)(F)F)c2)n1)c1ccccc1. The molecular weight excluding hydrogens is 511 g/mol. The molecule has 1 atom stereocenters. The van der Waals surface area contributed by atoms with E-state index in [-0.39, 0.29) is 6.04 Å². The van der Waals surface area contributed by atoms with Crippen LogP contribution in [0.4, 0.5) is 19.1 Å². The zero-order valence-electron chi connectivity index (χ0n) is 20.7. The Morgan fingerprint density at radius 2 is 1.76 bits per heavy atom. The Bertz CT molecular complexity index is 1420. The van der Waals surface area contributed by atoms with E-state index in [0.717, 1.165) is 37.0 Å². The first-order valence-corrected chi connectivity index (χ1v) is 13.3. The first kappa shape index (κ1) is 26.0. The molecule has 5 rings (SSSR count). The van der Waals surface area contributed by atoms with Gasteiger partial charge in [0.2, 0.25) is 5.95 Å². The van der Waals surface area contributed by atoms with Gasteiger partial charge in [-0.15, -0.1) is 16.2 Å². The Labute approximate surface area is 222 Å². The summed E-state index contributed by atoms with van der Waals surface area (Å²) in [6.07, 6.45) is 0.941. The molecule has 2 aromatic carbocycles. The number of hydrogen-bond acceptors (Lipinski definition) is 7. The van der Waals surface area contributed by atoms with Gasteiger partial charge in [0.25, 0.3) is 0 Å². The molecule has 0 spiro atoms. The quantitative estimate of drug-likeness (QED) is 0.240. The zero-order valence-corrected chi connectivity index (χ0v) is 21.5. The number of nitroso groups, excluding NO2 is 1. The molecule has 6 nitrogen and oxygen atoms in total. The summed E-state index contributed by atoms with van der Waals surface area (Å²) in [4.78, 5) is 26.5. The molecule has 0 bridgehead atoms. The van der Waals surface area contributed by atoms with E-state index in [1.807, 2.05) is 37.3 Å². The van der Waals surface area contributed by atoms with E-state index < -0.39 is 17.3 Å². The van der Waals surface area contributed by atoms with Gasteiger partial charge in [-0.25, -0.2) is 15.0 Å². The van der Waals surface area contributed by atoms with E-state index in [4.69, 9.17) is 9.97 Å². The fourth-order valence-electron chi connectivity index (χ4n) is 4.79. The molecule has 1 fully saturated rings. The number of nitrogens with zero attached hydrogens (tertiary/aromatic N) is 4. The van der Waals surface area contributed by atoms with Gasteiger partial charge in [0.05, 0.1) is 27.9 Å². The molecule has 10 heteroatoms. The number of rotatable bonds is 7. The topological polar surface area (TPSA) is 80.1 Å². The lowest BCUT2D eigenvalue weighted by Crippen LogP contribution is -2.25. The average molecular weight is 538 g/mol. The van der Waals surface area contributed by atoms with E-state index in [0.29, 0.717) is 45.6 Å². The predicted octanol–water partition coefficient (Wildman–Crippen LogP) is 8.38. The van der Waals surface area contributed by atoms with E-state index in [2.05, 4.69) is 15.5 Å². The summed E-state index contributed by atoms with van der Waals surface area (Å²) in [5.41, 5.74) is 0.481. The molecule has 0 amide bonds. The fraction of sp³-hybridized carbons (Fsp3) is 0.321. The lowest BCUT2D eigenvalue weighted by atomic mass is 9.83. The zero-order chi connectivity index (χ0) is 26.8. The van der Waals surface area contributed by atoms with Gasteiger partial charge in [-0.3, -0.25) is 0 Å². The number of hydrogen-bond donors (Lipinski definition) is 1. The Kier molecular flexibility index (Phi) is 7.25. The summed E-state index contributed by atoms with van der Waals surface area (Å²) in [5, 5.41) is 7.32. The third-order valence-corrected chi connectivity index (χ3v) is 8.15. The van der Waals surface area contributed by atoms with Crippen molar-refractivity contribution < 1.29 is 13.2 Å². The lowest BCUT2D eigenvalue weighted by Gasteiger charge is -2.27. The highest BCUT2D eigenvalue weighted by molar-refractivity contribution is 7.15. The minimum Gasteiger partial charge on any atom is -0.348 e. The first-order valence-electron chi connectivity index (χ1n) is 12.5. The Morgan fingerprint density at radius 1 is 1.00 bits per heavy atom. The van der Waals surface area contributed by atoms with E-state index >= 15 is 0 Å². The third-order valence-electron chi connectivity index (χ3n) is 6.88. The molecule has 1 unspecified atom stereocenters. The summed E-state index contributed by atoms with van der Waals surface area (Å²) < 4.78 is 40.6. The van der Waals surface area contributed by atoms with Gasteiger partial charge in [-0.2, -0.15) is 13.2 Å². The Balaban J connectivity index is 1.59. The number of benzene rings is 2. The van der Waals surface area contributed by atoms with Crippen molar-refractivity contribution >= 4 is 17.3 Å². The van der Waals surface area contributed by atoms with Gasteiger partial charge in [0.15, 0.2) is 5.54 Å². The summed E-state index contributed by atoms with van der Waals surface area (Å²) in [5.74, 6) is 0.379. The van der Waals surface area contributed by atoms with Crippen LogP contribution >= 0.6 is 11.3 Å². The fourth-order valence-corrected chi connectivity index (χ4v) is 6.03. The summed E-state index contributed by atoms with van der Waals surface area (Å²) >= 11 is 1.27. The van der Waals surface area contributed by atoms with Crippen LogP contribution in [0.25, 0.3) is 21.8 Å². The van der Waals surface area contributed by atoms with Gasteiger partial charge in [0.1, 0.15) is 5.01 Å². The highest BCUT2D eigenvalue weighted by Crippen LogP contribution is 2.47. The monoisotopic (exact) mass is 537 g/mol. The smallest absolute Gasteiger partial charge is 0.348 e. The molecule has 0 saturated heterocycles. The summed E-state index contributed by atoms with van der Waals surface area (Å²) in [6.45, 7) is 1.99. The van der Waals surface area contributed by atoms with Crippen LogP contribution in [0.5, 0.6) is 0 Å². The molecule has 38 heavy (non-hydrogen) atoms. The molecule has 1 N–H and O–H groups in total. The lowest BCUT2D eigenvalue weighted by molar-refractivity contribution is -0.137. The number of thiazole rings is 1. The van der Waals surface area contributed by atoms with Crippen LogP contribution in [-0.4, -0.2) is 15.0 Å². The van der Waals surface area contributed by atoms with Crippen LogP contribution in [0, 0.1) is 4.91 Å². The molecule has 2 aromatic heterocycles. The highest BCUT2D eigenvalue weighted by Gasteiger charge is 2.40. The number of aromatic nitrogens is 3. The predicted molar refractivity (Wildman–Crippen MR) is 143 cm³/mol. The average Bonchev–Trinajstić information content (AvgIpc) is 3.40. The number of halogens is 3. The molecular formula is C28H26F3N5OS. The van der Waals surface area contributed by atoms with Gasteiger partial charge < -0.3 is 5.32 Å². The third kappa shape index (κ3) is 5.31. The van der Waals surface area contributed by atoms with Crippen molar-refractivity contribution in [3.8, 4) is 21.8 Å². The minimum absolute atomic E-state index is 0.0730. The second kappa shape index (κ2) is 10.6. The molecule has 1 aliphatic carbocycles. The Morgan fingerprint density at radius 3 is 2.47 bits per heavy atom. The highest BCUT2D eigenvalue weighted by atomic mass is 32.1. The van der Waals surface area contributed by atoms with Crippen LogP contribution in [0.3, 0.4) is 0 Å². The molecule has 2 heterocycles. The molecule has 196 valence electrons. The van der Waals surface area contributed by atoms with Gasteiger partial charge in [0, 0.05) is 11.8 Å². The molecule has 0 radical (unpaired) electrons. The van der Waals surface area contributed by atoms with Crippen molar-refractivity contribution in [2.24, 2.45) is 5.18 Å². The molecule has 1 saturated carbocycles. The maximum absolute atomic E-state index is 13.5. The summed E-state index contributed by atoms with van der Waals surface area (Å²) in [7, 11) is 0. The van der Waals surface area contributed by atoms with E-state index in [1.165, 1.54) is 17.4 Å². The number of anilines is 1. The first-order chi connectivity index (χ1) is 18.3. The van der Waals surface area contributed by atoms with Crippen LogP contribution < -0.4 is 5.32 Å². The van der Waals surface area contributed by atoms with Crippen molar-refractivity contribution in [3.63, 3.8) is 0 Å². The van der Waals surface area contributed by atoms with Crippen LogP contribution in [-0.2, 0) is 11.7 Å². The summed E-state index contributed by atoms with van der Waals surface area (Å²) in [6, 6.07) is 16.5. The minimum atomic E-state index is -4.50. The normalized spacial score (nSPS) is 16.1. The van der Waals surface area contributed by atoms with Gasteiger partial charge >= 0.3 is 6.18 Å². The van der Waals surface area contributed by atoms with Gasteiger partial charge in [-0.1, -0.05) is 66.9 Å². The van der Waals surface area contributed by atoms with Crippen molar-refractivity contribution in [2.45, 2.75) is 56.8 Å². The molecule has 0 aliphatic heterocycles. The van der Waals surface area contributed by atoms with Crippen molar-refractivity contribution in [3.05, 3.63) is 87.9 Å². The van der Waals surface area contributed by atoms with Gasteiger partial charge in [-0.05, 0) is 43.5 Å². The van der Waals surface area contributed by atoms with Crippen LogP contribution in [0.15, 0.2) is 72.0 Å². The van der Waals surface area contributed by atoms with E-state index in [1.54, 1.807) is 18.3 Å². The number of alkyl halides is 3.